The van der Waals surface area contributed by atoms with Crippen LogP contribution in [0, 0.1) is 6.92 Å². The predicted octanol–water partition coefficient (Wildman–Crippen LogP) is 1.74. The number of hydrogen-bond acceptors (Lipinski definition) is 2. The van der Waals surface area contributed by atoms with E-state index in [9.17, 15) is 4.79 Å². The minimum Gasteiger partial charge on any atom is -0.345 e. The Labute approximate surface area is 105 Å². The van der Waals surface area contributed by atoms with Gasteiger partial charge in [-0.25, -0.2) is 0 Å². The second-order valence-electron chi connectivity index (χ2n) is 4.71. The predicted molar refractivity (Wildman–Crippen MR) is 67.2 cm³/mol. The van der Waals surface area contributed by atoms with Gasteiger partial charge in [0.05, 0.1) is 17.8 Å². The Bertz CT molecular complexity index is 570. The van der Waals surface area contributed by atoms with Gasteiger partial charge in [0.1, 0.15) is 0 Å². The summed E-state index contributed by atoms with van der Waals surface area (Å²) in [5, 5.41) is 6.52. The van der Waals surface area contributed by atoms with Crippen LogP contribution in [0.25, 0.3) is 0 Å². The maximum Gasteiger partial charge on any atom is 0.257 e. The van der Waals surface area contributed by atoms with Crippen molar-refractivity contribution in [3.05, 3.63) is 41.5 Å². The lowest BCUT2D eigenvalue weighted by molar-refractivity contribution is 0.0643. The summed E-state index contributed by atoms with van der Waals surface area (Å²) in [5.74, 6) is 0.0429. The Kier molecular flexibility index (Phi) is 2.47. The largest absolute Gasteiger partial charge is 0.345 e. The van der Waals surface area contributed by atoms with Crippen LogP contribution >= 0.6 is 0 Å². The molecule has 0 saturated heterocycles. The number of aromatic nitrogens is 3. The Balaban J connectivity index is 1.91. The summed E-state index contributed by atoms with van der Waals surface area (Å²) in [6.07, 6.45) is 3.22. The van der Waals surface area contributed by atoms with Gasteiger partial charge in [0, 0.05) is 30.7 Å². The number of nitrogens with zero attached hydrogens (tertiary/aromatic N) is 3. The van der Waals surface area contributed by atoms with Gasteiger partial charge in [0.25, 0.3) is 5.91 Å². The summed E-state index contributed by atoms with van der Waals surface area (Å²) in [6, 6.07) is 4.32. The molecule has 5 heteroatoms. The molecule has 0 fully saturated rings. The van der Waals surface area contributed by atoms with Crippen LogP contribution in [-0.4, -0.2) is 32.1 Å². The lowest BCUT2D eigenvalue weighted by Gasteiger charge is -2.35. The van der Waals surface area contributed by atoms with Gasteiger partial charge in [-0.05, 0) is 26.0 Å². The molecule has 1 N–H and O–H groups in total. The van der Waals surface area contributed by atoms with Crippen molar-refractivity contribution in [2.24, 2.45) is 0 Å². The van der Waals surface area contributed by atoms with Gasteiger partial charge < -0.3 is 9.47 Å². The highest BCUT2D eigenvalue weighted by Crippen LogP contribution is 2.28. The fourth-order valence-corrected chi connectivity index (χ4v) is 2.63. The third-order valence-electron chi connectivity index (χ3n) is 3.70. The summed E-state index contributed by atoms with van der Waals surface area (Å²) in [7, 11) is 0. The molecule has 1 atom stereocenters. The molecule has 1 amide bonds. The van der Waals surface area contributed by atoms with Crippen molar-refractivity contribution in [1.29, 1.82) is 0 Å². The van der Waals surface area contributed by atoms with Crippen LogP contribution in [0.3, 0.4) is 0 Å². The second kappa shape index (κ2) is 4.01. The zero-order valence-electron chi connectivity index (χ0n) is 10.6. The van der Waals surface area contributed by atoms with Gasteiger partial charge in [-0.1, -0.05) is 0 Å². The van der Waals surface area contributed by atoms with Crippen LogP contribution in [-0.2, 0) is 6.54 Å². The highest BCUT2D eigenvalue weighted by molar-refractivity contribution is 5.94. The Hall–Kier alpha value is -2.04. The first kappa shape index (κ1) is 11.1. The minimum atomic E-state index is 0.0429. The standard InChI is InChI=1S/C13H16N4O/c1-9-3-4-12-10(2)17(6-5-16(9)12)13(18)11-7-14-15-8-11/h3-4,7-8,10H,5-6H2,1-2H3,(H,14,15). The molecule has 2 aromatic rings. The molecule has 3 rings (SSSR count). The summed E-state index contributed by atoms with van der Waals surface area (Å²) >= 11 is 0. The number of hydrogen-bond donors (Lipinski definition) is 1. The summed E-state index contributed by atoms with van der Waals surface area (Å²) in [4.78, 5) is 14.2. The van der Waals surface area contributed by atoms with Gasteiger partial charge in [-0.2, -0.15) is 5.10 Å². The number of aromatic amines is 1. The van der Waals surface area contributed by atoms with Crippen LogP contribution < -0.4 is 0 Å². The maximum atomic E-state index is 12.3. The van der Waals surface area contributed by atoms with Crippen molar-refractivity contribution in [1.82, 2.24) is 19.7 Å². The number of amides is 1. The van der Waals surface area contributed by atoms with E-state index in [0.29, 0.717) is 5.56 Å². The Morgan fingerprint density at radius 2 is 2.28 bits per heavy atom. The molecule has 0 radical (unpaired) electrons. The molecule has 94 valence electrons. The van der Waals surface area contributed by atoms with E-state index in [0.717, 1.165) is 13.1 Å². The first-order valence-electron chi connectivity index (χ1n) is 6.14. The van der Waals surface area contributed by atoms with E-state index in [4.69, 9.17) is 0 Å². The van der Waals surface area contributed by atoms with Crippen LogP contribution in [0.5, 0.6) is 0 Å². The molecule has 5 nitrogen and oxygen atoms in total. The van der Waals surface area contributed by atoms with Crippen molar-refractivity contribution in [2.45, 2.75) is 26.4 Å². The second-order valence-corrected chi connectivity index (χ2v) is 4.71. The molecule has 1 aliphatic heterocycles. The molecule has 0 spiro atoms. The van der Waals surface area contributed by atoms with Crippen molar-refractivity contribution >= 4 is 5.91 Å². The number of fused-ring (bicyclic) bond motifs is 1. The van der Waals surface area contributed by atoms with Gasteiger partial charge >= 0.3 is 0 Å². The monoisotopic (exact) mass is 244 g/mol. The molecule has 1 aliphatic rings. The number of rotatable bonds is 1. The fourth-order valence-electron chi connectivity index (χ4n) is 2.63. The van der Waals surface area contributed by atoms with E-state index in [-0.39, 0.29) is 11.9 Å². The molecule has 18 heavy (non-hydrogen) atoms. The number of H-pyrrole nitrogens is 1. The molecular formula is C13H16N4O. The van der Waals surface area contributed by atoms with Gasteiger partial charge in [-0.15, -0.1) is 0 Å². The van der Waals surface area contributed by atoms with Crippen molar-refractivity contribution < 1.29 is 4.79 Å². The van der Waals surface area contributed by atoms with Gasteiger partial charge in [-0.3, -0.25) is 9.89 Å². The van der Waals surface area contributed by atoms with Gasteiger partial charge in [0.15, 0.2) is 0 Å². The van der Waals surface area contributed by atoms with Crippen molar-refractivity contribution in [2.75, 3.05) is 6.54 Å². The third kappa shape index (κ3) is 1.54. The quantitative estimate of drug-likeness (QED) is 0.830. The minimum absolute atomic E-state index is 0.0429. The highest BCUT2D eigenvalue weighted by Gasteiger charge is 2.29. The van der Waals surface area contributed by atoms with Gasteiger partial charge in [0.2, 0.25) is 0 Å². The summed E-state index contributed by atoms with van der Waals surface area (Å²) in [5.41, 5.74) is 3.08. The van der Waals surface area contributed by atoms with E-state index in [1.165, 1.54) is 11.4 Å². The fraction of sp³-hybridized carbons (Fsp3) is 0.385. The summed E-state index contributed by atoms with van der Waals surface area (Å²) in [6.45, 7) is 5.78. The SMILES string of the molecule is Cc1ccc2n1CCN(C(=O)c1cn[nH]c1)C2C. The number of carbonyl (C=O) groups is 1. The smallest absolute Gasteiger partial charge is 0.257 e. The average Bonchev–Trinajstić information content (AvgIpc) is 2.99. The first-order valence-corrected chi connectivity index (χ1v) is 6.14. The molecule has 0 aromatic carbocycles. The lowest BCUT2D eigenvalue weighted by Crippen LogP contribution is -2.40. The third-order valence-corrected chi connectivity index (χ3v) is 3.70. The van der Waals surface area contributed by atoms with Crippen LogP contribution in [0.1, 0.15) is 34.7 Å². The van der Waals surface area contributed by atoms with E-state index >= 15 is 0 Å². The molecule has 0 saturated carbocycles. The van der Waals surface area contributed by atoms with E-state index in [1.807, 2.05) is 4.90 Å². The average molecular weight is 244 g/mol. The highest BCUT2D eigenvalue weighted by atomic mass is 16.2. The normalized spacial score (nSPS) is 18.8. The molecule has 1 unspecified atom stereocenters. The van der Waals surface area contributed by atoms with E-state index < -0.39 is 0 Å². The Morgan fingerprint density at radius 3 is 3.00 bits per heavy atom. The molecule has 3 heterocycles. The first-order chi connectivity index (χ1) is 8.68. The topological polar surface area (TPSA) is 53.9 Å². The number of carbonyl (C=O) groups excluding carboxylic acids is 1. The molecule has 0 bridgehead atoms. The molecule has 2 aromatic heterocycles. The number of nitrogens with one attached hydrogen (secondary N) is 1. The lowest BCUT2D eigenvalue weighted by atomic mass is 10.1. The van der Waals surface area contributed by atoms with Crippen LogP contribution in [0.4, 0.5) is 0 Å². The van der Waals surface area contributed by atoms with E-state index in [2.05, 4.69) is 40.7 Å². The van der Waals surface area contributed by atoms with Crippen LogP contribution in [0.2, 0.25) is 0 Å². The molecule has 0 aliphatic carbocycles. The maximum absolute atomic E-state index is 12.3. The summed E-state index contributed by atoms with van der Waals surface area (Å²) < 4.78 is 2.28. The molecular weight excluding hydrogens is 228 g/mol. The Morgan fingerprint density at radius 1 is 1.44 bits per heavy atom. The zero-order valence-corrected chi connectivity index (χ0v) is 10.6. The zero-order chi connectivity index (χ0) is 12.7. The van der Waals surface area contributed by atoms with Crippen LogP contribution in [0.15, 0.2) is 24.5 Å². The van der Waals surface area contributed by atoms with E-state index in [1.54, 1.807) is 12.4 Å². The van der Waals surface area contributed by atoms with Crippen molar-refractivity contribution in [3.63, 3.8) is 0 Å². The number of aryl methyl sites for hydroxylation is 1. The van der Waals surface area contributed by atoms with Crippen molar-refractivity contribution in [3.8, 4) is 0 Å².